The Morgan fingerprint density at radius 1 is 1.24 bits per heavy atom. The first kappa shape index (κ1) is 17.8. The number of amides is 2. The quantitative estimate of drug-likeness (QED) is 0.850. The molecular formula is C19H18Cl2N2O2. The van der Waals surface area contributed by atoms with E-state index in [4.69, 9.17) is 23.2 Å². The van der Waals surface area contributed by atoms with Gasteiger partial charge in [-0.3, -0.25) is 9.59 Å². The van der Waals surface area contributed by atoms with E-state index < -0.39 is 5.92 Å². The van der Waals surface area contributed by atoms with E-state index in [1.54, 1.807) is 23.1 Å². The highest BCUT2D eigenvalue weighted by Gasteiger charge is 2.36. The van der Waals surface area contributed by atoms with Crippen LogP contribution < -0.4 is 10.2 Å². The summed E-state index contributed by atoms with van der Waals surface area (Å²) in [5, 5.41) is 3.85. The summed E-state index contributed by atoms with van der Waals surface area (Å²) in [6, 6.07) is 12.7. The summed E-state index contributed by atoms with van der Waals surface area (Å²) in [7, 11) is 0. The van der Waals surface area contributed by atoms with Crippen LogP contribution in [0.4, 0.5) is 11.4 Å². The molecular weight excluding hydrogens is 359 g/mol. The van der Waals surface area contributed by atoms with Gasteiger partial charge in [-0.05, 0) is 36.2 Å². The fourth-order valence-corrected chi connectivity index (χ4v) is 3.51. The van der Waals surface area contributed by atoms with E-state index >= 15 is 0 Å². The fourth-order valence-electron chi connectivity index (χ4n) is 3.00. The molecule has 1 aliphatic heterocycles. The van der Waals surface area contributed by atoms with E-state index in [1.165, 1.54) is 0 Å². The van der Waals surface area contributed by atoms with Crippen molar-refractivity contribution in [2.45, 2.75) is 19.8 Å². The smallest absolute Gasteiger partial charge is 0.229 e. The van der Waals surface area contributed by atoms with Crippen molar-refractivity contribution in [3.8, 4) is 0 Å². The van der Waals surface area contributed by atoms with Crippen molar-refractivity contribution in [2.24, 2.45) is 5.92 Å². The zero-order valence-corrected chi connectivity index (χ0v) is 15.3. The van der Waals surface area contributed by atoms with Crippen molar-refractivity contribution < 1.29 is 9.59 Å². The van der Waals surface area contributed by atoms with Crippen LogP contribution in [0.5, 0.6) is 0 Å². The molecule has 2 aromatic carbocycles. The molecule has 0 aromatic heterocycles. The molecule has 0 spiro atoms. The standard InChI is InChI=1S/C19H18Cl2N2O2/c1-2-12-5-3-4-6-16(12)22-19(25)13-9-18(24)23(11-13)17-8-7-14(20)10-15(17)21/h3-8,10,13H,2,9,11H2,1H3,(H,22,25). The second-order valence-corrected chi connectivity index (χ2v) is 6.84. The van der Waals surface area contributed by atoms with E-state index in [1.807, 2.05) is 31.2 Å². The first-order valence-electron chi connectivity index (χ1n) is 8.13. The van der Waals surface area contributed by atoms with Crippen molar-refractivity contribution >= 4 is 46.4 Å². The molecule has 2 aromatic rings. The molecule has 1 N–H and O–H groups in total. The van der Waals surface area contributed by atoms with Gasteiger partial charge < -0.3 is 10.2 Å². The second-order valence-electron chi connectivity index (χ2n) is 6.00. The van der Waals surface area contributed by atoms with Crippen LogP contribution in [0.1, 0.15) is 18.9 Å². The van der Waals surface area contributed by atoms with Gasteiger partial charge in [0.2, 0.25) is 11.8 Å². The molecule has 0 bridgehead atoms. The number of aryl methyl sites for hydroxylation is 1. The Bertz CT molecular complexity index is 823. The Balaban J connectivity index is 1.74. The minimum atomic E-state index is -0.413. The van der Waals surface area contributed by atoms with E-state index in [9.17, 15) is 9.59 Å². The molecule has 1 fully saturated rings. The molecule has 25 heavy (non-hydrogen) atoms. The van der Waals surface area contributed by atoms with Crippen LogP contribution in [0.25, 0.3) is 0 Å². The van der Waals surface area contributed by atoms with Crippen LogP contribution in [0.15, 0.2) is 42.5 Å². The number of hydrogen-bond donors (Lipinski definition) is 1. The van der Waals surface area contributed by atoms with E-state index in [2.05, 4.69) is 5.32 Å². The topological polar surface area (TPSA) is 49.4 Å². The molecule has 4 nitrogen and oxygen atoms in total. The molecule has 0 saturated carbocycles. The molecule has 0 radical (unpaired) electrons. The largest absolute Gasteiger partial charge is 0.326 e. The first-order valence-corrected chi connectivity index (χ1v) is 8.89. The number of carbonyl (C=O) groups excluding carboxylic acids is 2. The van der Waals surface area contributed by atoms with Gasteiger partial charge in [-0.2, -0.15) is 0 Å². The van der Waals surface area contributed by atoms with Crippen LogP contribution in [0, 0.1) is 5.92 Å². The van der Waals surface area contributed by atoms with Crippen LogP contribution in [-0.4, -0.2) is 18.4 Å². The fraction of sp³-hybridized carbons (Fsp3) is 0.263. The van der Waals surface area contributed by atoms with Crippen molar-refractivity contribution in [2.75, 3.05) is 16.8 Å². The van der Waals surface area contributed by atoms with Crippen LogP contribution in [0.3, 0.4) is 0 Å². The van der Waals surface area contributed by atoms with Gasteiger partial charge >= 0.3 is 0 Å². The number of rotatable bonds is 4. The summed E-state index contributed by atoms with van der Waals surface area (Å²) < 4.78 is 0. The Labute approximate surface area is 156 Å². The maximum Gasteiger partial charge on any atom is 0.229 e. The molecule has 3 rings (SSSR count). The van der Waals surface area contributed by atoms with Crippen LogP contribution in [-0.2, 0) is 16.0 Å². The SMILES string of the molecule is CCc1ccccc1NC(=O)C1CC(=O)N(c2ccc(Cl)cc2Cl)C1. The van der Waals surface area contributed by atoms with E-state index in [-0.39, 0.29) is 18.2 Å². The van der Waals surface area contributed by atoms with E-state index in [0.29, 0.717) is 22.3 Å². The normalized spacial score (nSPS) is 17.0. The van der Waals surface area contributed by atoms with Gasteiger partial charge in [0.05, 0.1) is 16.6 Å². The molecule has 1 unspecified atom stereocenters. The summed E-state index contributed by atoms with van der Waals surface area (Å²) in [6.45, 7) is 2.34. The minimum Gasteiger partial charge on any atom is -0.326 e. The molecule has 0 aliphatic carbocycles. The summed E-state index contributed by atoms with van der Waals surface area (Å²) in [5.41, 5.74) is 2.45. The van der Waals surface area contributed by atoms with Crippen LogP contribution >= 0.6 is 23.2 Å². The third-order valence-electron chi connectivity index (χ3n) is 4.35. The first-order chi connectivity index (χ1) is 12.0. The van der Waals surface area contributed by atoms with Gasteiger partial charge in [-0.25, -0.2) is 0 Å². The Hall–Kier alpha value is -2.04. The number of hydrogen-bond acceptors (Lipinski definition) is 2. The van der Waals surface area contributed by atoms with Crippen molar-refractivity contribution in [1.82, 2.24) is 0 Å². The minimum absolute atomic E-state index is 0.117. The molecule has 6 heteroatoms. The molecule has 1 atom stereocenters. The predicted octanol–water partition coefficient (Wildman–Crippen LogP) is 4.55. The lowest BCUT2D eigenvalue weighted by molar-refractivity contribution is -0.122. The van der Waals surface area contributed by atoms with Gasteiger partial charge in [-0.1, -0.05) is 48.3 Å². The number of nitrogens with zero attached hydrogens (tertiary/aromatic N) is 1. The summed E-state index contributed by atoms with van der Waals surface area (Å²) in [5.74, 6) is -0.681. The summed E-state index contributed by atoms with van der Waals surface area (Å²) in [6.07, 6.45) is 0.992. The Kier molecular flexibility index (Phi) is 5.30. The lowest BCUT2D eigenvalue weighted by Crippen LogP contribution is -2.28. The highest BCUT2D eigenvalue weighted by atomic mass is 35.5. The number of halogens is 2. The van der Waals surface area contributed by atoms with Gasteiger partial charge in [0.25, 0.3) is 0 Å². The number of nitrogens with one attached hydrogen (secondary N) is 1. The molecule has 130 valence electrons. The summed E-state index contributed by atoms with van der Waals surface area (Å²) in [4.78, 5) is 26.5. The number of carbonyl (C=O) groups is 2. The van der Waals surface area contributed by atoms with Gasteiger partial charge in [0.15, 0.2) is 0 Å². The van der Waals surface area contributed by atoms with Crippen molar-refractivity contribution in [3.05, 3.63) is 58.1 Å². The average molecular weight is 377 g/mol. The van der Waals surface area contributed by atoms with Crippen molar-refractivity contribution in [3.63, 3.8) is 0 Å². The highest BCUT2D eigenvalue weighted by molar-refractivity contribution is 6.36. The maximum absolute atomic E-state index is 12.6. The van der Waals surface area contributed by atoms with Gasteiger partial charge in [0.1, 0.15) is 0 Å². The third kappa shape index (κ3) is 3.80. The zero-order chi connectivity index (χ0) is 18.0. The number of para-hydroxylation sites is 1. The zero-order valence-electron chi connectivity index (χ0n) is 13.8. The average Bonchev–Trinajstić information content (AvgIpc) is 2.97. The molecule has 1 heterocycles. The van der Waals surface area contributed by atoms with Crippen LogP contribution in [0.2, 0.25) is 10.0 Å². The monoisotopic (exact) mass is 376 g/mol. The highest BCUT2D eigenvalue weighted by Crippen LogP contribution is 2.33. The molecule has 2 amide bonds. The summed E-state index contributed by atoms with van der Waals surface area (Å²) >= 11 is 12.1. The maximum atomic E-state index is 12.6. The third-order valence-corrected chi connectivity index (χ3v) is 4.89. The lowest BCUT2D eigenvalue weighted by Gasteiger charge is -2.18. The number of anilines is 2. The Morgan fingerprint density at radius 3 is 2.72 bits per heavy atom. The predicted molar refractivity (Wildman–Crippen MR) is 101 cm³/mol. The lowest BCUT2D eigenvalue weighted by atomic mass is 10.1. The van der Waals surface area contributed by atoms with Gasteiger partial charge in [0, 0.05) is 23.7 Å². The van der Waals surface area contributed by atoms with E-state index in [0.717, 1.165) is 17.7 Å². The second kappa shape index (κ2) is 7.46. The number of benzene rings is 2. The van der Waals surface area contributed by atoms with Gasteiger partial charge in [-0.15, -0.1) is 0 Å². The Morgan fingerprint density at radius 2 is 2.00 bits per heavy atom. The molecule has 1 saturated heterocycles. The molecule has 1 aliphatic rings. The van der Waals surface area contributed by atoms with Crippen molar-refractivity contribution in [1.29, 1.82) is 0 Å².